The Kier molecular flexibility index (Phi) is 4.68. The molecule has 0 radical (unpaired) electrons. The first-order valence-corrected chi connectivity index (χ1v) is 10.2. The van der Waals surface area contributed by atoms with Gasteiger partial charge >= 0.3 is 5.63 Å². The van der Waals surface area contributed by atoms with E-state index < -0.39 is 5.63 Å². The van der Waals surface area contributed by atoms with E-state index in [0.29, 0.717) is 41.5 Å². The summed E-state index contributed by atoms with van der Waals surface area (Å²) in [7, 11) is 0. The summed E-state index contributed by atoms with van der Waals surface area (Å²) in [5.74, 6) is 0.0476. The van der Waals surface area contributed by atoms with Crippen molar-refractivity contribution in [3.05, 3.63) is 70.6 Å². The summed E-state index contributed by atoms with van der Waals surface area (Å²) in [5, 5.41) is 0.862. The van der Waals surface area contributed by atoms with Gasteiger partial charge in [-0.2, -0.15) is 0 Å². The molecule has 1 saturated carbocycles. The van der Waals surface area contributed by atoms with Gasteiger partial charge in [0.15, 0.2) is 0 Å². The Morgan fingerprint density at radius 2 is 1.66 bits per heavy atom. The van der Waals surface area contributed by atoms with Crippen LogP contribution in [0.25, 0.3) is 22.1 Å². The standard InChI is InChI=1S/C24H23NO4/c26-23(25(19-8-9-19)20-10-12-28-13-11-20)18-6-3-5-16(14-18)21-15-17-4-1-2-7-22(17)29-24(21)27/h1-7,14-15,19-20H,8-13H2. The smallest absolute Gasteiger partial charge is 0.344 e. The molecular weight excluding hydrogens is 366 g/mol. The normalized spacial score (nSPS) is 17.4. The van der Waals surface area contributed by atoms with Crippen molar-refractivity contribution in [2.45, 2.75) is 37.8 Å². The van der Waals surface area contributed by atoms with Crippen LogP contribution in [0.15, 0.2) is 63.8 Å². The summed E-state index contributed by atoms with van der Waals surface area (Å²) < 4.78 is 11.0. The van der Waals surface area contributed by atoms with Gasteiger partial charge in [0, 0.05) is 36.2 Å². The number of para-hydroxylation sites is 1. The minimum atomic E-state index is -0.392. The van der Waals surface area contributed by atoms with Gasteiger partial charge in [-0.1, -0.05) is 30.3 Å². The molecule has 0 N–H and O–H groups in total. The Balaban J connectivity index is 1.50. The van der Waals surface area contributed by atoms with Crippen molar-refractivity contribution < 1.29 is 13.9 Å². The van der Waals surface area contributed by atoms with Crippen molar-refractivity contribution in [2.24, 2.45) is 0 Å². The summed E-state index contributed by atoms with van der Waals surface area (Å²) >= 11 is 0. The van der Waals surface area contributed by atoms with Crippen LogP contribution in [-0.2, 0) is 4.74 Å². The lowest BCUT2D eigenvalue weighted by molar-refractivity contribution is 0.0267. The summed E-state index contributed by atoms with van der Waals surface area (Å²) in [6, 6.07) is 17.2. The van der Waals surface area contributed by atoms with E-state index in [1.165, 1.54) is 0 Å². The molecule has 0 spiro atoms. The molecule has 3 aromatic rings. The van der Waals surface area contributed by atoms with Crippen molar-refractivity contribution in [3.63, 3.8) is 0 Å². The van der Waals surface area contributed by atoms with Crippen molar-refractivity contribution in [1.82, 2.24) is 4.90 Å². The van der Waals surface area contributed by atoms with E-state index in [0.717, 1.165) is 31.1 Å². The number of carbonyl (C=O) groups is 1. The molecule has 1 aromatic heterocycles. The molecule has 1 aliphatic heterocycles. The SMILES string of the molecule is O=C(c1cccc(-c2cc3ccccc3oc2=O)c1)N(C1CCOCC1)C1CC1. The lowest BCUT2D eigenvalue weighted by Gasteiger charge is -2.34. The van der Waals surface area contributed by atoms with Crippen LogP contribution in [0.5, 0.6) is 0 Å². The average molecular weight is 389 g/mol. The number of hydrogen-bond acceptors (Lipinski definition) is 4. The van der Waals surface area contributed by atoms with Gasteiger partial charge in [0.05, 0.1) is 5.56 Å². The molecule has 5 rings (SSSR count). The summed E-state index contributed by atoms with van der Waals surface area (Å²) in [6.07, 6.45) is 3.90. The number of amides is 1. The topological polar surface area (TPSA) is 59.8 Å². The van der Waals surface area contributed by atoms with Crippen molar-refractivity contribution in [1.29, 1.82) is 0 Å². The highest BCUT2D eigenvalue weighted by Crippen LogP contribution is 2.33. The number of hydrogen-bond donors (Lipinski definition) is 0. The molecule has 5 heteroatoms. The number of benzene rings is 2. The molecule has 0 bridgehead atoms. The Bertz CT molecular complexity index is 1110. The lowest BCUT2D eigenvalue weighted by Crippen LogP contribution is -2.44. The zero-order valence-electron chi connectivity index (χ0n) is 16.2. The van der Waals surface area contributed by atoms with E-state index in [-0.39, 0.29) is 11.9 Å². The van der Waals surface area contributed by atoms with Crippen LogP contribution in [0.3, 0.4) is 0 Å². The summed E-state index contributed by atoms with van der Waals surface area (Å²) in [4.78, 5) is 28.0. The van der Waals surface area contributed by atoms with Crippen LogP contribution >= 0.6 is 0 Å². The third kappa shape index (κ3) is 3.58. The van der Waals surface area contributed by atoms with E-state index in [2.05, 4.69) is 4.90 Å². The second-order valence-corrected chi connectivity index (χ2v) is 7.85. The average Bonchev–Trinajstić information content (AvgIpc) is 3.59. The first-order valence-electron chi connectivity index (χ1n) is 10.2. The van der Waals surface area contributed by atoms with Gasteiger partial charge in [-0.05, 0) is 55.5 Å². The first kappa shape index (κ1) is 18.1. The Hall–Kier alpha value is -2.92. The lowest BCUT2D eigenvalue weighted by atomic mass is 10.0. The van der Waals surface area contributed by atoms with E-state index in [1.807, 2.05) is 48.5 Å². The summed E-state index contributed by atoms with van der Waals surface area (Å²) in [5.41, 5.74) is 1.97. The van der Waals surface area contributed by atoms with Gasteiger partial charge in [-0.25, -0.2) is 4.79 Å². The fourth-order valence-electron chi connectivity index (χ4n) is 4.18. The van der Waals surface area contributed by atoms with Crippen LogP contribution in [-0.4, -0.2) is 36.1 Å². The predicted octanol–water partition coefficient (Wildman–Crippen LogP) is 4.24. The van der Waals surface area contributed by atoms with Crippen molar-refractivity contribution >= 4 is 16.9 Å². The molecule has 5 nitrogen and oxygen atoms in total. The maximum Gasteiger partial charge on any atom is 0.344 e. The van der Waals surface area contributed by atoms with Crippen LogP contribution < -0.4 is 5.63 Å². The van der Waals surface area contributed by atoms with Gasteiger partial charge in [0.25, 0.3) is 5.91 Å². The third-order valence-electron chi connectivity index (χ3n) is 5.82. The zero-order chi connectivity index (χ0) is 19.8. The highest BCUT2D eigenvalue weighted by molar-refractivity contribution is 5.96. The Labute approximate surface area is 168 Å². The van der Waals surface area contributed by atoms with Gasteiger partial charge in [0.2, 0.25) is 0 Å². The highest BCUT2D eigenvalue weighted by atomic mass is 16.5. The molecule has 1 saturated heterocycles. The second kappa shape index (κ2) is 7.48. The number of rotatable bonds is 4. The predicted molar refractivity (Wildman–Crippen MR) is 111 cm³/mol. The minimum Gasteiger partial charge on any atom is -0.422 e. The van der Waals surface area contributed by atoms with Crippen LogP contribution in [0.1, 0.15) is 36.0 Å². The second-order valence-electron chi connectivity index (χ2n) is 7.85. The largest absolute Gasteiger partial charge is 0.422 e. The molecule has 1 aliphatic carbocycles. The van der Waals surface area contributed by atoms with E-state index in [1.54, 1.807) is 6.07 Å². The summed E-state index contributed by atoms with van der Waals surface area (Å²) in [6.45, 7) is 1.42. The molecule has 2 fully saturated rings. The number of fused-ring (bicyclic) bond motifs is 1. The van der Waals surface area contributed by atoms with Crippen molar-refractivity contribution in [2.75, 3.05) is 13.2 Å². The van der Waals surface area contributed by atoms with Gasteiger partial charge in [-0.15, -0.1) is 0 Å². The van der Waals surface area contributed by atoms with Crippen LogP contribution in [0.4, 0.5) is 0 Å². The number of carbonyl (C=O) groups excluding carboxylic acids is 1. The van der Waals surface area contributed by atoms with Crippen molar-refractivity contribution in [3.8, 4) is 11.1 Å². The van der Waals surface area contributed by atoms with Gasteiger partial charge < -0.3 is 14.1 Å². The molecule has 1 amide bonds. The van der Waals surface area contributed by atoms with Gasteiger partial charge in [-0.3, -0.25) is 4.79 Å². The maximum atomic E-state index is 13.4. The minimum absolute atomic E-state index is 0.0476. The zero-order valence-corrected chi connectivity index (χ0v) is 16.2. The molecule has 2 aromatic carbocycles. The maximum absolute atomic E-state index is 13.4. The van der Waals surface area contributed by atoms with E-state index >= 15 is 0 Å². The van der Waals surface area contributed by atoms with E-state index in [4.69, 9.17) is 9.15 Å². The molecule has 148 valence electrons. The van der Waals surface area contributed by atoms with Crippen LogP contribution in [0, 0.1) is 0 Å². The third-order valence-corrected chi connectivity index (χ3v) is 5.82. The Morgan fingerprint density at radius 1 is 0.897 bits per heavy atom. The molecule has 0 unspecified atom stereocenters. The molecule has 2 heterocycles. The monoisotopic (exact) mass is 389 g/mol. The fraction of sp³-hybridized carbons (Fsp3) is 0.333. The van der Waals surface area contributed by atoms with E-state index in [9.17, 15) is 9.59 Å². The molecule has 0 atom stereocenters. The Morgan fingerprint density at radius 3 is 2.45 bits per heavy atom. The molecular formula is C24H23NO4. The molecule has 29 heavy (non-hydrogen) atoms. The first-order chi connectivity index (χ1) is 14.2. The fourth-order valence-corrected chi connectivity index (χ4v) is 4.18. The highest BCUT2D eigenvalue weighted by Gasteiger charge is 2.38. The quantitative estimate of drug-likeness (QED) is 0.626. The van der Waals surface area contributed by atoms with Crippen LogP contribution in [0.2, 0.25) is 0 Å². The number of ether oxygens (including phenoxy) is 1. The number of nitrogens with zero attached hydrogens (tertiary/aromatic N) is 1. The van der Waals surface area contributed by atoms with Gasteiger partial charge in [0.1, 0.15) is 5.58 Å². The molecule has 2 aliphatic rings.